The van der Waals surface area contributed by atoms with Crippen molar-refractivity contribution in [3.63, 3.8) is 0 Å². The van der Waals surface area contributed by atoms with Gasteiger partial charge in [-0.2, -0.15) is 0 Å². The summed E-state index contributed by atoms with van der Waals surface area (Å²) in [6.45, 7) is 8.54. The standard InChI is InChI=1S/C15H21Cl3N2.2ClH/c1-3-10(2)15(20-6-4-19-5-7-20)12-8-11(16)9-13(17)14(12)18;;/h8-10,15,19H,3-7H2,1-2H3;2*1H/t10?,15-;;/m0../s1. The second-order valence-corrected chi connectivity index (χ2v) is 6.63. The van der Waals surface area contributed by atoms with E-state index in [4.69, 9.17) is 34.8 Å². The average molecular weight is 409 g/mol. The van der Waals surface area contributed by atoms with Crippen molar-refractivity contribution in [3.05, 3.63) is 32.8 Å². The number of nitrogens with zero attached hydrogens (tertiary/aromatic N) is 1. The summed E-state index contributed by atoms with van der Waals surface area (Å²) in [5.74, 6) is 0.500. The quantitative estimate of drug-likeness (QED) is 0.664. The number of hydrogen-bond acceptors (Lipinski definition) is 2. The van der Waals surface area contributed by atoms with E-state index in [1.807, 2.05) is 6.07 Å². The van der Waals surface area contributed by atoms with E-state index in [9.17, 15) is 0 Å². The van der Waals surface area contributed by atoms with Crippen LogP contribution in [-0.4, -0.2) is 31.1 Å². The van der Waals surface area contributed by atoms with Crippen molar-refractivity contribution in [2.75, 3.05) is 26.2 Å². The molecule has 1 aromatic rings. The number of nitrogens with one attached hydrogen (secondary N) is 1. The van der Waals surface area contributed by atoms with Gasteiger partial charge < -0.3 is 5.32 Å². The van der Waals surface area contributed by atoms with Gasteiger partial charge in [0.2, 0.25) is 0 Å². The van der Waals surface area contributed by atoms with Gasteiger partial charge in [0.1, 0.15) is 0 Å². The third kappa shape index (κ3) is 5.31. The van der Waals surface area contributed by atoms with Crippen LogP contribution in [-0.2, 0) is 0 Å². The molecule has 1 aromatic carbocycles. The molecule has 0 radical (unpaired) electrons. The molecule has 1 saturated heterocycles. The maximum Gasteiger partial charge on any atom is 0.0641 e. The highest BCUT2D eigenvalue weighted by Crippen LogP contribution is 2.39. The first-order chi connectivity index (χ1) is 9.54. The summed E-state index contributed by atoms with van der Waals surface area (Å²) in [6, 6.07) is 3.94. The van der Waals surface area contributed by atoms with Crippen LogP contribution in [0.15, 0.2) is 12.1 Å². The molecular formula is C15H23Cl5N2. The van der Waals surface area contributed by atoms with Gasteiger partial charge in [0.15, 0.2) is 0 Å². The minimum Gasteiger partial charge on any atom is -0.314 e. The summed E-state index contributed by atoms with van der Waals surface area (Å²) in [5.41, 5.74) is 1.06. The minimum atomic E-state index is 0. The van der Waals surface area contributed by atoms with Crippen LogP contribution in [0.2, 0.25) is 15.1 Å². The van der Waals surface area contributed by atoms with Gasteiger partial charge in [-0.05, 0) is 23.6 Å². The molecule has 1 aliphatic heterocycles. The van der Waals surface area contributed by atoms with Gasteiger partial charge in [-0.25, -0.2) is 0 Å². The normalized spacial score (nSPS) is 18.0. The van der Waals surface area contributed by atoms with Crippen molar-refractivity contribution in [1.29, 1.82) is 0 Å². The molecule has 1 N–H and O–H groups in total. The van der Waals surface area contributed by atoms with Crippen LogP contribution < -0.4 is 5.32 Å². The molecule has 7 heteroatoms. The number of benzene rings is 1. The van der Waals surface area contributed by atoms with Gasteiger partial charge in [0, 0.05) is 37.2 Å². The van der Waals surface area contributed by atoms with Gasteiger partial charge in [-0.3, -0.25) is 4.90 Å². The van der Waals surface area contributed by atoms with Crippen LogP contribution in [0.5, 0.6) is 0 Å². The highest BCUT2D eigenvalue weighted by molar-refractivity contribution is 6.43. The van der Waals surface area contributed by atoms with E-state index < -0.39 is 0 Å². The molecule has 2 rings (SSSR count). The molecule has 1 heterocycles. The lowest BCUT2D eigenvalue weighted by atomic mass is 9.90. The predicted octanol–water partition coefficient (Wildman–Crippen LogP) is 5.48. The second kappa shape index (κ2) is 10.5. The first-order valence-corrected chi connectivity index (χ1v) is 8.27. The van der Waals surface area contributed by atoms with Crippen molar-refractivity contribution >= 4 is 59.6 Å². The van der Waals surface area contributed by atoms with Gasteiger partial charge in [0.05, 0.1) is 10.0 Å². The van der Waals surface area contributed by atoms with Gasteiger partial charge in [-0.1, -0.05) is 55.1 Å². The molecule has 0 aliphatic carbocycles. The summed E-state index contributed by atoms with van der Waals surface area (Å²) in [7, 11) is 0. The molecule has 1 aliphatic rings. The summed E-state index contributed by atoms with van der Waals surface area (Å²) in [4.78, 5) is 2.48. The number of halogens is 5. The highest BCUT2D eigenvalue weighted by Gasteiger charge is 2.29. The molecule has 0 saturated carbocycles. The van der Waals surface area contributed by atoms with Crippen LogP contribution in [0.4, 0.5) is 0 Å². The summed E-state index contributed by atoms with van der Waals surface area (Å²) >= 11 is 18.8. The topological polar surface area (TPSA) is 15.3 Å². The Morgan fingerprint density at radius 2 is 1.73 bits per heavy atom. The Bertz CT molecular complexity index is 463. The van der Waals surface area contributed by atoms with Gasteiger partial charge in [0.25, 0.3) is 0 Å². The molecule has 2 nitrogen and oxygen atoms in total. The zero-order chi connectivity index (χ0) is 14.7. The van der Waals surface area contributed by atoms with Gasteiger partial charge in [-0.15, -0.1) is 24.8 Å². The summed E-state index contributed by atoms with van der Waals surface area (Å²) in [5, 5.41) is 5.22. The van der Waals surface area contributed by atoms with Crippen molar-refractivity contribution in [2.45, 2.75) is 26.3 Å². The molecule has 1 fully saturated rings. The first-order valence-electron chi connectivity index (χ1n) is 7.13. The zero-order valence-corrected chi connectivity index (χ0v) is 16.6. The monoisotopic (exact) mass is 406 g/mol. The van der Waals surface area contributed by atoms with E-state index in [2.05, 4.69) is 24.1 Å². The van der Waals surface area contributed by atoms with E-state index in [-0.39, 0.29) is 30.9 Å². The lowest BCUT2D eigenvalue weighted by molar-refractivity contribution is 0.128. The van der Waals surface area contributed by atoms with Crippen molar-refractivity contribution in [1.82, 2.24) is 10.2 Å². The molecule has 0 aromatic heterocycles. The number of piperazine rings is 1. The second-order valence-electron chi connectivity index (χ2n) is 5.41. The van der Waals surface area contributed by atoms with Crippen molar-refractivity contribution in [3.8, 4) is 0 Å². The third-order valence-electron chi connectivity index (χ3n) is 4.07. The average Bonchev–Trinajstić information content (AvgIpc) is 2.45. The van der Waals surface area contributed by atoms with Crippen LogP contribution >= 0.6 is 59.6 Å². The Morgan fingerprint density at radius 1 is 1.14 bits per heavy atom. The van der Waals surface area contributed by atoms with E-state index in [1.165, 1.54) is 0 Å². The Hall–Kier alpha value is 0.590. The molecule has 1 unspecified atom stereocenters. The van der Waals surface area contributed by atoms with Crippen molar-refractivity contribution in [2.24, 2.45) is 5.92 Å². The van der Waals surface area contributed by atoms with Crippen LogP contribution in [0.1, 0.15) is 31.9 Å². The van der Waals surface area contributed by atoms with Crippen LogP contribution in [0.25, 0.3) is 0 Å². The Labute approximate surface area is 160 Å². The third-order valence-corrected chi connectivity index (χ3v) is 5.10. The first kappa shape index (κ1) is 22.6. The highest BCUT2D eigenvalue weighted by atomic mass is 35.5. The number of rotatable bonds is 4. The van der Waals surface area contributed by atoms with Gasteiger partial charge >= 0.3 is 0 Å². The fraction of sp³-hybridized carbons (Fsp3) is 0.600. The predicted molar refractivity (Wildman–Crippen MR) is 103 cm³/mol. The SMILES string of the molecule is CCC(C)[C@@H](c1cc(Cl)cc(Cl)c1Cl)N1CCNCC1.Cl.Cl. The lowest BCUT2D eigenvalue weighted by Gasteiger charge is -2.39. The van der Waals surface area contributed by atoms with E-state index in [0.717, 1.165) is 38.2 Å². The van der Waals surface area contributed by atoms with Crippen LogP contribution in [0.3, 0.4) is 0 Å². The van der Waals surface area contributed by atoms with Crippen molar-refractivity contribution < 1.29 is 0 Å². The summed E-state index contributed by atoms with van der Waals surface area (Å²) < 4.78 is 0. The van der Waals surface area contributed by atoms with E-state index >= 15 is 0 Å². The molecule has 2 atom stereocenters. The fourth-order valence-electron chi connectivity index (χ4n) is 2.84. The maximum atomic E-state index is 6.45. The van der Waals surface area contributed by atoms with E-state index in [1.54, 1.807) is 6.07 Å². The molecule has 0 amide bonds. The Morgan fingerprint density at radius 3 is 2.27 bits per heavy atom. The largest absolute Gasteiger partial charge is 0.314 e. The van der Waals surface area contributed by atoms with Crippen LogP contribution in [0, 0.1) is 5.92 Å². The molecular weight excluding hydrogens is 385 g/mol. The Balaban J connectivity index is 0.00000220. The zero-order valence-electron chi connectivity index (χ0n) is 12.7. The Kier molecular flexibility index (Phi) is 10.7. The molecule has 0 bridgehead atoms. The fourth-order valence-corrected chi connectivity index (χ4v) is 3.57. The smallest absolute Gasteiger partial charge is 0.0641 e. The number of hydrogen-bond donors (Lipinski definition) is 1. The van der Waals surface area contributed by atoms with E-state index in [0.29, 0.717) is 21.0 Å². The summed E-state index contributed by atoms with van der Waals surface area (Å²) in [6.07, 6.45) is 1.09. The molecule has 0 spiro atoms. The maximum absolute atomic E-state index is 6.45. The molecule has 128 valence electrons. The lowest BCUT2D eigenvalue weighted by Crippen LogP contribution is -2.46. The molecule has 22 heavy (non-hydrogen) atoms. The minimum absolute atomic E-state index is 0.